The molecular weight excluding hydrogens is 222 g/mol. The molecule has 3 nitrogen and oxygen atoms in total. The molecule has 100 valence electrons. The van der Waals surface area contributed by atoms with Gasteiger partial charge in [-0.1, -0.05) is 19.9 Å². The Morgan fingerprint density at radius 3 is 2.44 bits per heavy atom. The molecule has 0 bridgehead atoms. The van der Waals surface area contributed by atoms with Crippen molar-refractivity contribution in [3.63, 3.8) is 0 Å². The molecule has 1 aromatic heterocycles. The van der Waals surface area contributed by atoms with Gasteiger partial charge in [0.05, 0.1) is 0 Å². The van der Waals surface area contributed by atoms with Crippen LogP contribution in [0.5, 0.6) is 0 Å². The van der Waals surface area contributed by atoms with Gasteiger partial charge in [-0.25, -0.2) is 4.98 Å². The smallest absolute Gasteiger partial charge is 0.128 e. The van der Waals surface area contributed by atoms with E-state index in [-0.39, 0.29) is 0 Å². The average Bonchev–Trinajstić information content (AvgIpc) is 2.38. The zero-order valence-electron chi connectivity index (χ0n) is 12.0. The first-order chi connectivity index (χ1) is 8.52. The summed E-state index contributed by atoms with van der Waals surface area (Å²) in [4.78, 5) is 7.01. The number of nitrogens with one attached hydrogen (secondary N) is 1. The fourth-order valence-electron chi connectivity index (χ4n) is 2.35. The van der Waals surface area contributed by atoms with Crippen molar-refractivity contribution in [1.29, 1.82) is 0 Å². The molecule has 18 heavy (non-hydrogen) atoms. The van der Waals surface area contributed by atoms with Crippen molar-refractivity contribution in [3.8, 4) is 0 Å². The lowest BCUT2D eigenvalue weighted by molar-refractivity contribution is 0.279. The molecule has 0 amide bonds. The summed E-state index contributed by atoms with van der Waals surface area (Å²) in [7, 11) is 1.98. The lowest BCUT2D eigenvalue weighted by Gasteiger charge is -2.37. The number of hydrogen-bond acceptors (Lipinski definition) is 3. The first kappa shape index (κ1) is 13.3. The number of aromatic nitrogens is 1. The second-order valence-electron chi connectivity index (χ2n) is 6.11. The molecule has 1 aliphatic rings. The van der Waals surface area contributed by atoms with Crippen LogP contribution in [0.25, 0.3) is 0 Å². The van der Waals surface area contributed by atoms with E-state index in [0.717, 1.165) is 18.9 Å². The second-order valence-corrected chi connectivity index (χ2v) is 6.11. The van der Waals surface area contributed by atoms with Crippen molar-refractivity contribution in [2.45, 2.75) is 39.7 Å². The Hall–Kier alpha value is -1.09. The second kappa shape index (κ2) is 5.27. The number of anilines is 1. The van der Waals surface area contributed by atoms with Gasteiger partial charge in [0.2, 0.25) is 0 Å². The van der Waals surface area contributed by atoms with Gasteiger partial charge in [0.15, 0.2) is 0 Å². The van der Waals surface area contributed by atoms with Crippen LogP contribution < -0.4 is 10.2 Å². The average molecular weight is 247 g/mol. The third-order valence-electron chi connectivity index (χ3n) is 4.14. The van der Waals surface area contributed by atoms with Crippen molar-refractivity contribution in [2.75, 3.05) is 25.0 Å². The molecule has 3 heteroatoms. The lowest BCUT2D eigenvalue weighted by Crippen LogP contribution is -2.37. The Morgan fingerprint density at radius 2 is 1.94 bits per heavy atom. The van der Waals surface area contributed by atoms with Gasteiger partial charge in [-0.2, -0.15) is 0 Å². The van der Waals surface area contributed by atoms with Crippen LogP contribution in [-0.2, 0) is 0 Å². The Morgan fingerprint density at radius 1 is 1.28 bits per heavy atom. The van der Waals surface area contributed by atoms with Crippen molar-refractivity contribution in [1.82, 2.24) is 10.3 Å². The number of nitrogens with zero attached hydrogens (tertiary/aromatic N) is 2. The highest BCUT2D eigenvalue weighted by Gasteiger charge is 2.25. The lowest BCUT2D eigenvalue weighted by atomic mass is 9.83. The van der Waals surface area contributed by atoms with Crippen molar-refractivity contribution >= 4 is 5.82 Å². The zero-order chi connectivity index (χ0) is 13.2. The molecule has 0 aliphatic carbocycles. The van der Waals surface area contributed by atoms with E-state index < -0.39 is 0 Å². The van der Waals surface area contributed by atoms with E-state index in [1.54, 1.807) is 0 Å². The van der Waals surface area contributed by atoms with Crippen LogP contribution in [-0.4, -0.2) is 25.1 Å². The molecule has 1 aromatic rings. The highest BCUT2D eigenvalue weighted by Crippen LogP contribution is 2.31. The van der Waals surface area contributed by atoms with E-state index in [1.807, 2.05) is 13.2 Å². The molecule has 0 aromatic carbocycles. The van der Waals surface area contributed by atoms with Crippen molar-refractivity contribution < 1.29 is 0 Å². The largest absolute Gasteiger partial charge is 0.357 e. The number of hydrogen-bond donors (Lipinski definition) is 1. The molecule has 0 saturated carbocycles. The van der Waals surface area contributed by atoms with Crippen LogP contribution in [0.2, 0.25) is 0 Å². The van der Waals surface area contributed by atoms with Gasteiger partial charge in [-0.15, -0.1) is 0 Å². The maximum absolute atomic E-state index is 4.61. The Kier molecular flexibility index (Phi) is 3.91. The molecule has 1 saturated heterocycles. The van der Waals surface area contributed by atoms with E-state index in [4.69, 9.17) is 0 Å². The summed E-state index contributed by atoms with van der Waals surface area (Å²) < 4.78 is 0. The van der Waals surface area contributed by atoms with Crippen LogP contribution in [0.4, 0.5) is 5.82 Å². The minimum atomic E-state index is 0.367. The predicted octanol–water partition coefficient (Wildman–Crippen LogP) is 2.99. The molecule has 1 N–H and O–H groups in total. The van der Waals surface area contributed by atoms with E-state index in [0.29, 0.717) is 11.5 Å². The summed E-state index contributed by atoms with van der Waals surface area (Å²) in [6.45, 7) is 9.12. The molecule has 2 rings (SSSR count). The maximum atomic E-state index is 4.61. The molecule has 1 aliphatic heterocycles. The highest BCUT2D eigenvalue weighted by atomic mass is 15.2. The van der Waals surface area contributed by atoms with Crippen molar-refractivity contribution in [3.05, 3.63) is 23.9 Å². The quantitative estimate of drug-likeness (QED) is 0.890. The molecule has 2 heterocycles. The Balaban J connectivity index is 2.02. The van der Waals surface area contributed by atoms with Gasteiger partial charge in [-0.3, -0.25) is 0 Å². The molecule has 1 unspecified atom stereocenters. The fraction of sp³-hybridized carbons (Fsp3) is 0.667. The topological polar surface area (TPSA) is 28.2 Å². The highest BCUT2D eigenvalue weighted by molar-refractivity contribution is 5.40. The van der Waals surface area contributed by atoms with Crippen LogP contribution >= 0.6 is 0 Å². The standard InChI is InChI=1S/C15H25N3/c1-12(16-4)13-5-6-14(17-11-13)18-9-7-15(2,3)8-10-18/h5-6,11-12,16H,7-10H2,1-4H3. The number of pyridine rings is 1. The Labute approximate surface area is 111 Å². The van der Waals surface area contributed by atoms with Gasteiger partial charge in [0.25, 0.3) is 0 Å². The van der Waals surface area contributed by atoms with Crippen LogP contribution in [0, 0.1) is 5.41 Å². The molecule has 1 fully saturated rings. The minimum Gasteiger partial charge on any atom is -0.357 e. The van der Waals surface area contributed by atoms with E-state index in [1.165, 1.54) is 18.4 Å². The summed E-state index contributed by atoms with van der Waals surface area (Å²) in [5.74, 6) is 1.12. The summed E-state index contributed by atoms with van der Waals surface area (Å²) in [5, 5.41) is 3.24. The number of piperidine rings is 1. The van der Waals surface area contributed by atoms with Gasteiger partial charge in [0.1, 0.15) is 5.82 Å². The number of rotatable bonds is 3. The first-order valence-electron chi connectivity index (χ1n) is 6.90. The molecule has 0 radical (unpaired) electrons. The zero-order valence-corrected chi connectivity index (χ0v) is 12.0. The van der Waals surface area contributed by atoms with Gasteiger partial charge in [0, 0.05) is 25.3 Å². The van der Waals surface area contributed by atoms with Crippen LogP contribution in [0.1, 0.15) is 45.2 Å². The van der Waals surface area contributed by atoms with Crippen LogP contribution in [0.3, 0.4) is 0 Å². The normalized spacial score (nSPS) is 20.8. The SMILES string of the molecule is CNC(C)c1ccc(N2CCC(C)(C)CC2)nc1. The maximum Gasteiger partial charge on any atom is 0.128 e. The summed E-state index contributed by atoms with van der Waals surface area (Å²) >= 11 is 0. The fourth-order valence-corrected chi connectivity index (χ4v) is 2.35. The van der Waals surface area contributed by atoms with E-state index in [2.05, 4.69) is 48.1 Å². The third-order valence-corrected chi connectivity index (χ3v) is 4.14. The molecule has 0 spiro atoms. The monoisotopic (exact) mass is 247 g/mol. The van der Waals surface area contributed by atoms with E-state index in [9.17, 15) is 0 Å². The first-order valence-corrected chi connectivity index (χ1v) is 6.90. The van der Waals surface area contributed by atoms with Gasteiger partial charge in [-0.05, 0) is 43.9 Å². The third kappa shape index (κ3) is 3.02. The molecular formula is C15H25N3. The minimum absolute atomic E-state index is 0.367. The Bertz CT molecular complexity index is 373. The van der Waals surface area contributed by atoms with Crippen LogP contribution in [0.15, 0.2) is 18.3 Å². The predicted molar refractivity (Wildman–Crippen MR) is 76.9 cm³/mol. The van der Waals surface area contributed by atoms with E-state index >= 15 is 0 Å². The molecule has 1 atom stereocenters. The summed E-state index contributed by atoms with van der Waals surface area (Å²) in [6.07, 6.45) is 4.50. The van der Waals surface area contributed by atoms with Crippen molar-refractivity contribution in [2.24, 2.45) is 5.41 Å². The van der Waals surface area contributed by atoms with Gasteiger partial charge < -0.3 is 10.2 Å². The summed E-state index contributed by atoms with van der Waals surface area (Å²) in [5.41, 5.74) is 1.75. The summed E-state index contributed by atoms with van der Waals surface area (Å²) in [6, 6.07) is 4.71. The van der Waals surface area contributed by atoms with Gasteiger partial charge >= 0.3 is 0 Å².